The molecule has 2 aliphatic rings. The van der Waals surface area contributed by atoms with Crippen LogP contribution in [0.4, 0.5) is 0 Å². The van der Waals surface area contributed by atoms with Crippen molar-refractivity contribution in [3.63, 3.8) is 0 Å². The summed E-state index contributed by atoms with van der Waals surface area (Å²) in [5, 5.41) is 3.17. The largest absolute Gasteiger partial charge is 0.369 e. The van der Waals surface area contributed by atoms with Gasteiger partial charge in [0.15, 0.2) is 0 Å². The second-order valence-corrected chi connectivity index (χ2v) is 8.16. The Bertz CT molecular complexity index is 837. The van der Waals surface area contributed by atoms with Gasteiger partial charge in [-0.3, -0.25) is 14.5 Å². The van der Waals surface area contributed by atoms with Crippen molar-refractivity contribution in [3.8, 4) is 10.4 Å². The zero-order valence-corrected chi connectivity index (χ0v) is 15.5. The molecule has 0 spiro atoms. The summed E-state index contributed by atoms with van der Waals surface area (Å²) in [6, 6.07) is 10.7. The monoisotopic (exact) mass is 369 g/mol. The standard InChI is InChI=1S/C20H23N3O2S/c21-18(24)12-23-9-7-15(8-10-23)22-20(25)17-11-14-6-5-13-3-1-2-4-16(13)19(14)26-17/h1-4,11,15H,5-10,12H2,(H2,21,24)(H,22,25). The number of carbonyl (C=O) groups is 2. The zero-order chi connectivity index (χ0) is 18.1. The third-order valence-electron chi connectivity index (χ3n) is 5.26. The van der Waals surface area contributed by atoms with Gasteiger partial charge >= 0.3 is 0 Å². The second-order valence-electron chi connectivity index (χ2n) is 7.11. The van der Waals surface area contributed by atoms with Crippen LogP contribution in [-0.4, -0.2) is 42.4 Å². The predicted molar refractivity (Wildman–Crippen MR) is 103 cm³/mol. The molecule has 1 aromatic carbocycles. The number of hydrogen-bond donors (Lipinski definition) is 2. The summed E-state index contributed by atoms with van der Waals surface area (Å²) in [5.74, 6) is -0.271. The quantitative estimate of drug-likeness (QED) is 0.867. The average Bonchev–Trinajstić information content (AvgIpc) is 3.08. The molecule has 26 heavy (non-hydrogen) atoms. The van der Waals surface area contributed by atoms with Crippen molar-refractivity contribution in [2.75, 3.05) is 19.6 Å². The van der Waals surface area contributed by atoms with Gasteiger partial charge in [0.2, 0.25) is 5.91 Å². The smallest absolute Gasteiger partial charge is 0.261 e. The fourth-order valence-electron chi connectivity index (χ4n) is 3.90. The lowest BCUT2D eigenvalue weighted by Gasteiger charge is -2.31. The molecule has 1 fully saturated rings. The number of piperidine rings is 1. The normalized spacial score (nSPS) is 17.4. The van der Waals surface area contributed by atoms with Crippen molar-refractivity contribution in [1.82, 2.24) is 10.2 Å². The van der Waals surface area contributed by atoms with E-state index in [-0.39, 0.29) is 17.9 Å². The first-order chi connectivity index (χ1) is 12.6. The van der Waals surface area contributed by atoms with Gasteiger partial charge in [-0.25, -0.2) is 0 Å². The van der Waals surface area contributed by atoms with Crippen LogP contribution in [0.3, 0.4) is 0 Å². The van der Waals surface area contributed by atoms with E-state index in [4.69, 9.17) is 5.73 Å². The molecule has 2 amide bonds. The van der Waals surface area contributed by atoms with Crippen LogP contribution >= 0.6 is 11.3 Å². The fourth-order valence-corrected chi connectivity index (χ4v) is 5.07. The summed E-state index contributed by atoms with van der Waals surface area (Å²) in [6.07, 6.45) is 3.75. The molecule has 136 valence electrons. The van der Waals surface area contributed by atoms with Crippen molar-refractivity contribution in [3.05, 3.63) is 46.3 Å². The molecule has 1 aromatic heterocycles. The number of nitrogens with two attached hydrogens (primary N) is 1. The number of nitrogens with one attached hydrogen (secondary N) is 1. The van der Waals surface area contributed by atoms with E-state index in [1.807, 2.05) is 4.90 Å². The van der Waals surface area contributed by atoms with Crippen LogP contribution in [0.15, 0.2) is 30.3 Å². The summed E-state index contributed by atoms with van der Waals surface area (Å²) >= 11 is 1.60. The maximum Gasteiger partial charge on any atom is 0.261 e. The summed E-state index contributed by atoms with van der Waals surface area (Å²) in [4.78, 5) is 27.8. The highest BCUT2D eigenvalue weighted by Crippen LogP contribution is 2.39. The van der Waals surface area contributed by atoms with E-state index in [9.17, 15) is 9.59 Å². The molecule has 1 saturated heterocycles. The van der Waals surface area contributed by atoms with Crippen LogP contribution in [0.2, 0.25) is 0 Å². The fraction of sp³-hybridized carbons (Fsp3) is 0.400. The highest BCUT2D eigenvalue weighted by atomic mass is 32.1. The summed E-state index contributed by atoms with van der Waals surface area (Å²) in [7, 11) is 0. The van der Waals surface area contributed by atoms with Crippen LogP contribution in [0.25, 0.3) is 10.4 Å². The highest BCUT2D eigenvalue weighted by Gasteiger charge is 2.25. The average molecular weight is 369 g/mol. The van der Waals surface area contributed by atoms with E-state index in [2.05, 4.69) is 35.6 Å². The lowest BCUT2D eigenvalue weighted by atomic mass is 9.91. The molecule has 6 heteroatoms. The molecule has 5 nitrogen and oxygen atoms in total. The topological polar surface area (TPSA) is 75.4 Å². The lowest BCUT2D eigenvalue weighted by Crippen LogP contribution is -2.46. The third-order valence-corrected chi connectivity index (χ3v) is 6.47. The molecule has 4 rings (SSSR count). The van der Waals surface area contributed by atoms with Crippen molar-refractivity contribution in [2.45, 2.75) is 31.7 Å². The number of aryl methyl sites for hydroxylation is 2. The summed E-state index contributed by atoms with van der Waals surface area (Å²) in [6.45, 7) is 1.89. The van der Waals surface area contributed by atoms with E-state index in [0.29, 0.717) is 6.54 Å². The minimum Gasteiger partial charge on any atom is -0.369 e. The van der Waals surface area contributed by atoms with Gasteiger partial charge < -0.3 is 11.1 Å². The molecule has 0 unspecified atom stereocenters. The van der Waals surface area contributed by atoms with Gasteiger partial charge in [0.1, 0.15) is 0 Å². The molecule has 2 heterocycles. The Morgan fingerprint density at radius 1 is 1.15 bits per heavy atom. The molecule has 2 aromatic rings. The van der Waals surface area contributed by atoms with Crippen LogP contribution in [-0.2, 0) is 17.6 Å². The van der Waals surface area contributed by atoms with E-state index < -0.39 is 0 Å². The number of thiophene rings is 1. The summed E-state index contributed by atoms with van der Waals surface area (Å²) < 4.78 is 0. The zero-order valence-electron chi connectivity index (χ0n) is 14.7. The number of benzene rings is 1. The Morgan fingerprint density at radius 3 is 2.65 bits per heavy atom. The van der Waals surface area contributed by atoms with Gasteiger partial charge in [-0.1, -0.05) is 24.3 Å². The molecule has 0 bridgehead atoms. The van der Waals surface area contributed by atoms with Crippen molar-refractivity contribution in [1.29, 1.82) is 0 Å². The first kappa shape index (κ1) is 17.2. The van der Waals surface area contributed by atoms with Crippen molar-refractivity contribution >= 4 is 23.2 Å². The Kier molecular flexibility index (Phi) is 4.78. The second kappa shape index (κ2) is 7.21. The molecule has 1 aliphatic heterocycles. The predicted octanol–water partition coefficient (Wildman–Crippen LogP) is 2.19. The third kappa shape index (κ3) is 3.52. The van der Waals surface area contributed by atoms with Crippen LogP contribution < -0.4 is 11.1 Å². The van der Waals surface area contributed by atoms with Crippen LogP contribution in [0.1, 0.15) is 33.6 Å². The van der Waals surface area contributed by atoms with Crippen molar-refractivity contribution in [2.24, 2.45) is 5.73 Å². The van der Waals surface area contributed by atoms with Gasteiger partial charge in [-0.15, -0.1) is 11.3 Å². The summed E-state index contributed by atoms with van der Waals surface area (Å²) in [5.41, 5.74) is 9.18. The van der Waals surface area contributed by atoms with Crippen molar-refractivity contribution < 1.29 is 9.59 Å². The number of rotatable bonds is 4. The Balaban J connectivity index is 1.41. The number of nitrogens with zero attached hydrogens (tertiary/aromatic N) is 1. The molecule has 0 radical (unpaired) electrons. The van der Waals surface area contributed by atoms with E-state index in [1.165, 1.54) is 21.6 Å². The van der Waals surface area contributed by atoms with Gasteiger partial charge in [0.05, 0.1) is 11.4 Å². The Hall–Kier alpha value is -2.18. The molecule has 1 aliphatic carbocycles. The number of hydrogen-bond acceptors (Lipinski definition) is 4. The van der Waals surface area contributed by atoms with Gasteiger partial charge in [0, 0.05) is 24.0 Å². The van der Waals surface area contributed by atoms with Gasteiger partial charge in [-0.2, -0.15) is 0 Å². The minimum atomic E-state index is -0.295. The van der Waals surface area contributed by atoms with E-state index >= 15 is 0 Å². The number of carbonyl (C=O) groups excluding carboxylic acids is 2. The molecular formula is C20H23N3O2S. The van der Waals surface area contributed by atoms with Gasteiger partial charge in [-0.05, 0) is 48.4 Å². The molecular weight excluding hydrogens is 346 g/mol. The maximum atomic E-state index is 12.7. The number of likely N-dealkylation sites (tertiary alicyclic amines) is 1. The Morgan fingerprint density at radius 2 is 1.88 bits per heavy atom. The van der Waals surface area contributed by atoms with Crippen LogP contribution in [0, 0.1) is 0 Å². The number of primary amides is 1. The highest BCUT2D eigenvalue weighted by molar-refractivity contribution is 7.17. The SMILES string of the molecule is NC(=O)CN1CCC(NC(=O)c2cc3c(s2)-c2ccccc2CC3)CC1. The lowest BCUT2D eigenvalue weighted by molar-refractivity contribution is -0.119. The van der Waals surface area contributed by atoms with Gasteiger partial charge in [0.25, 0.3) is 5.91 Å². The van der Waals surface area contributed by atoms with E-state index in [0.717, 1.165) is 43.6 Å². The maximum absolute atomic E-state index is 12.7. The molecule has 0 saturated carbocycles. The first-order valence-electron chi connectivity index (χ1n) is 9.12. The van der Waals surface area contributed by atoms with Crippen LogP contribution in [0.5, 0.6) is 0 Å². The molecule has 0 atom stereocenters. The Labute approximate surface area is 157 Å². The number of fused-ring (bicyclic) bond motifs is 3. The minimum absolute atomic E-state index is 0.0234. The number of amides is 2. The van der Waals surface area contributed by atoms with E-state index in [1.54, 1.807) is 11.3 Å². The first-order valence-corrected chi connectivity index (χ1v) is 9.94. The molecule has 3 N–H and O–H groups in total.